The summed E-state index contributed by atoms with van der Waals surface area (Å²) in [6, 6.07) is 6.71. The highest BCUT2D eigenvalue weighted by molar-refractivity contribution is 6.15. The molecule has 1 aliphatic carbocycles. The fourth-order valence-corrected chi connectivity index (χ4v) is 5.85. The molecule has 4 aliphatic rings. The van der Waals surface area contributed by atoms with Crippen LogP contribution in [0.1, 0.15) is 44.1 Å². The standard InChI is InChI=1S/C21H24N4O4/c22-15(26)10-9-14-16-17(19(28)25(18(16)27)11-5-1-2-6-11)21(24-14)12-7-3-4-8-13(12)23-20(21)29/h3-4,7-8,11,14,16-17,24H,1-2,5-6,9-10H2,(H2,22,26)(H,23,29)/t14-,16+,17-,21+/m0/s1. The molecule has 4 atom stereocenters. The maximum Gasteiger partial charge on any atom is 0.250 e. The van der Waals surface area contributed by atoms with E-state index in [9.17, 15) is 19.2 Å². The monoisotopic (exact) mass is 396 g/mol. The SMILES string of the molecule is NC(=O)CC[C@@H]1N[C@@]2(C(=O)Nc3ccccc32)[C@@H]2C(=O)N(C3CCCC3)C(=O)[C@H]12. The summed E-state index contributed by atoms with van der Waals surface area (Å²) < 4.78 is 0. The van der Waals surface area contributed by atoms with E-state index in [0.717, 1.165) is 25.7 Å². The summed E-state index contributed by atoms with van der Waals surface area (Å²) in [5, 5.41) is 6.19. The Hall–Kier alpha value is -2.74. The molecule has 29 heavy (non-hydrogen) atoms. The Labute approximate surface area is 168 Å². The normalized spacial score (nSPS) is 33.4. The van der Waals surface area contributed by atoms with Gasteiger partial charge in [0.25, 0.3) is 0 Å². The average Bonchev–Trinajstić information content (AvgIpc) is 3.42. The number of hydrogen-bond donors (Lipinski definition) is 3. The highest BCUT2D eigenvalue weighted by atomic mass is 16.2. The third kappa shape index (κ3) is 2.41. The lowest BCUT2D eigenvalue weighted by atomic mass is 9.76. The summed E-state index contributed by atoms with van der Waals surface area (Å²) >= 11 is 0. The number of nitrogens with zero attached hydrogens (tertiary/aromatic N) is 1. The van der Waals surface area contributed by atoms with Crippen molar-refractivity contribution in [2.24, 2.45) is 17.6 Å². The van der Waals surface area contributed by atoms with Crippen LogP contribution in [0.5, 0.6) is 0 Å². The van der Waals surface area contributed by atoms with Gasteiger partial charge in [-0.25, -0.2) is 0 Å². The van der Waals surface area contributed by atoms with Crippen molar-refractivity contribution in [2.75, 3.05) is 5.32 Å². The highest BCUT2D eigenvalue weighted by Gasteiger charge is 2.70. The molecule has 8 heteroatoms. The van der Waals surface area contributed by atoms with Gasteiger partial charge < -0.3 is 11.1 Å². The molecule has 1 saturated carbocycles. The molecule has 5 rings (SSSR count). The van der Waals surface area contributed by atoms with E-state index in [1.807, 2.05) is 18.2 Å². The van der Waals surface area contributed by atoms with Gasteiger partial charge in [0.15, 0.2) is 0 Å². The highest BCUT2D eigenvalue weighted by Crippen LogP contribution is 2.54. The Balaban J connectivity index is 1.61. The molecule has 3 fully saturated rings. The summed E-state index contributed by atoms with van der Waals surface area (Å²) in [6.45, 7) is 0. The minimum absolute atomic E-state index is 0.0884. The fourth-order valence-electron chi connectivity index (χ4n) is 5.85. The zero-order valence-electron chi connectivity index (χ0n) is 16.0. The predicted molar refractivity (Wildman–Crippen MR) is 103 cm³/mol. The van der Waals surface area contributed by atoms with Gasteiger partial charge in [0.1, 0.15) is 5.54 Å². The lowest BCUT2D eigenvalue weighted by Crippen LogP contribution is -2.54. The molecule has 2 saturated heterocycles. The Morgan fingerprint density at radius 3 is 2.59 bits per heavy atom. The first-order chi connectivity index (χ1) is 13.9. The van der Waals surface area contributed by atoms with Crippen LogP contribution in [0.4, 0.5) is 5.69 Å². The van der Waals surface area contributed by atoms with Crippen LogP contribution in [-0.4, -0.2) is 40.6 Å². The number of rotatable bonds is 4. The van der Waals surface area contributed by atoms with Crippen LogP contribution >= 0.6 is 0 Å². The number of fused-ring (bicyclic) bond motifs is 4. The van der Waals surface area contributed by atoms with Crippen LogP contribution in [0.25, 0.3) is 0 Å². The van der Waals surface area contributed by atoms with Crippen molar-refractivity contribution in [3.8, 4) is 0 Å². The number of carbonyl (C=O) groups is 4. The third-order valence-electron chi connectivity index (χ3n) is 7.05. The molecule has 4 amide bonds. The summed E-state index contributed by atoms with van der Waals surface area (Å²) in [5.41, 5.74) is 5.39. The summed E-state index contributed by atoms with van der Waals surface area (Å²) in [4.78, 5) is 53.0. The Morgan fingerprint density at radius 1 is 1.14 bits per heavy atom. The lowest BCUT2D eigenvalue weighted by molar-refractivity contribution is -0.145. The first-order valence-electron chi connectivity index (χ1n) is 10.3. The smallest absolute Gasteiger partial charge is 0.250 e. The summed E-state index contributed by atoms with van der Waals surface area (Å²) in [5.74, 6) is -2.75. The molecule has 1 spiro atoms. The molecule has 8 nitrogen and oxygen atoms in total. The molecule has 0 unspecified atom stereocenters. The molecule has 3 heterocycles. The number of anilines is 1. The van der Waals surface area contributed by atoms with Gasteiger partial charge in [0.2, 0.25) is 23.6 Å². The van der Waals surface area contributed by atoms with Crippen molar-refractivity contribution < 1.29 is 19.2 Å². The number of benzene rings is 1. The molecule has 0 bridgehead atoms. The largest absolute Gasteiger partial charge is 0.370 e. The molecule has 3 aliphatic heterocycles. The minimum atomic E-state index is -1.29. The van der Waals surface area contributed by atoms with E-state index >= 15 is 0 Å². The average molecular weight is 396 g/mol. The number of imide groups is 1. The number of amides is 4. The minimum Gasteiger partial charge on any atom is -0.370 e. The van der Waals surface area contributed by atoms with Gasteiger partial charge in [-0.1, -0.05) is 31.0 Å². The maximum atomic E-state index is 13.6. The van der Waals surface area contributed by atoms with E-state index < -0.39 is 29.3 Å². The van der Waals surface area contributed by atoms with E-state index in [4.69, 9.17) is 5.73 Å². The Kier molecular flexibility index (Phi) is 4.03. The first kappa shape index (κ1) is 18.3. The van der Waals surface area contributed by atoms with Crippen molar-refractivity contribution in [1.82, 2.24) is 10.2 Å². The molecule has 0 aromatic heterocycles. The van der Waals surface area contributed by atoms with Gasteiger partial charge in [-0.3, -0.25) is 29.4 Å². The number of primary amides is 1. The number of carbonyl (C=O) groups excluding carboxylic acids is 4. The maximum absolute atomic E-state index is 13.6. The van der Waals surface area contributed by atoms with Crippen molar-refractivity contribution in [1.29, 1.82) is 0 Å². The molecule has 0 radical (unpaired) electrons. The van der Waals surface area contributed by atoms with E-state index in [2.05, 4.69) is 10.6 Å². The van der Waals surface area contributed by atoms with Gasteiger partial charge in [0.05, 0.1) is 11.8 Å². The molecular weight excluding hydrogens is 372 g/mol. The van der Waals surface area contributed by atoms with Gasteiger partial charge in [0, 0.05) is 29.8 Å². The van der Waals surface area contributed by atoms with E-state index in [1.165, 1.54) is 4.90 Å². The van der Waals surface area contributed by atoms with Crippen LogP contribution in [-0.2, 0) is 24.7 Å². The van der Waals surface area contributed by atoms with E-state index in [-0.39, 0.29) is 30.2 Å². The zero-order valence-corrected chi connectivity index (χ0v) is 16.0. The van der Waals surface area contributed by atoms with Crippen LogP contribution in [0.2, 0.25) is 0 Å². The molecule has 1 aromatic carbocycles. The number of hydrogen-bond acceptors (Lipinski definition) is 5. The first-order valence-corrected chi connectivity index (χ1v) is 10.3. The van der Waals surface area contributed by atoms with Crippen LogP contribution in [0.3, 0.4) is 0 Å². The molecular formula is C21H24N4O4. The van der Waals surface area contributed by atoms with Crippen LogP contribution in [0, 0.1) is 11.8 Å². The van der Waals surface area contributed by atoms with E-state index in [1.54, 1.807) is 6.07 Å². The van der Waals surface area contributed by atoms with Crippen LogP contribution < -0.4 is 16.4 Å². The third-order valence-corrected chi connectivity index (χ3v) is 7.05. The number of para-hydroxylation sites is 1. The molecule has 4 N–H and O–H groups in total. The van der Waals surface area contributed by atoms with Crippen molar-refractivity contribution >= 4 is 29.3 Å². The molecule has 152 valence electrons. The van der Waals surface area contributed by atoms with E-state index in [0.29, 0.717) is 17.7 Å². The Morgan fingerprint density at radius 2 is 1.86 bits per heavy atom. The van der Waals surface area contributed by atoms with Crippen molar-refractivity contribution in [2.45, 2.75) is 56.1 Å². The topological polar surface area (TPSA) is 122 Å². The van der Waals surface area contributed by atoms with Gasteiger partial charge in [-0.2, -0.15) is 0 Å². The molecule has 1 aromatic rings. The van der Waals surface area contributed by atoms with Crippen molar-refractivity contribution in [3.63, 3.8) is 0 Å². The van der Waals surface area contributed by atoms with Gasteiger partial charge in [-0.05, 0) is 25.3 Å². The number of nitrogens with two attached hydrogens (primary N) is 1. The predicted octanol–water partition coefficient (Wildman–Crippen LogP) is 0.615. The number of likely N-dealkylation sites (tertiary alicyclic amines) is 1. The van der Waals surface area contributed by atoms with Crippen LogP contribution in [0.15, 0.2) is 24.3 Å². The Bertz CT molecular complexity index is 925. The van der Waals surface area contributed by atoms with Gasteiger partial charge in [-0.15, -0.1) is 0 Å². The fraction of sp³-hybridized carbons (Fsp3) is 0.524. The summed E-state index contributed by atoms with van der Waals surface area (Å²) in [7, 11) is 0. The van der Waals surface area contributed by atoms with Crippen molar-refractivity contribution in [3.05, 3.63) is 29.8 Å². The van der Waals surface area contributed by atoms with Gasteiger partial charge >= 0.3 is 0 Å². The second-order valence-electron chi connectivity index (χ2n) is 8.55. The zero-order chi connectivity index (χ0) is 20.3. The lowest BCUT2D eigenvalue weighted by Gasteiger charge is -2.31. The quantitative estimate of drug-likeness (QED) is 0.644. The second kappa shape index (κ2) is 6.38. The second-order valence-corrected chi connectivity index (χ2v) is 8.55. The number of nitrogens with one attached hydrogen (secondary N) is 2. The summed E-state index contributed by atoms with van der Waals surface area (Å²) in [6.07, 6.45) is 4.01.